The van der Waals surface area contributed by atoms with E-state index in [9.17, 15) is 4.79 Å². The van der Waals surface area contributed by atoms with Crippen LogP contribution >= 0.6 is 11.6 Å². The predicted molar refractivity (Wildman–Crippen MR) is 99.5 cm³/mol. The van der Waals surface area contributed by atoms with E-state index in [1.54, 1.807) is 31.3 Å². The summed E-state index contributed by atoms with van der Waals surface area (Å²) in [6.07, 6.45) is 2.45. The molecule has 0 fully saturated rings. The maximum absolute atomic E-state index is 12.3. The number of benzene rings is 1. The van der Waals surface area contributed by atoms with Crippen LogP contribution in [0.1, 0.15) is 32.9 Å². The highest BCUT2D eigenvalue weighted by atomic mass is 35.5. The van der Waals surface area contributed by atoms with Gasteiger partial charge in [-0.2, -0.15) is 0 Å². The fourth-order valence-corrected chi connectivity index (χ4v) is 3.08. The SMILES string of the molecule is Cc1cnc2c(c1)CC(c1cc(NC(=O)c3cc(C)on3)ccc1Cl)=N2. The molecule has 2 aromatic heterocycles. The van der Waals surface area contributed by atoms with E-state index in [1.807, 2.05) is 13.0 Å². The molecule has 0 saturated carbocycles. The van der Waals surface area contributed by atoms with Crippen LogP contribution in [0.4, 0.5) is 11.5 Å². The van der Waals surface area contributed by atoms with Crippen LogP contribution in [0.25, 0.3) is 0 Å². The Kier molecular flexibility index (Phi) is 4.05. The molecule has 3 heterocycles. The third-order valence-electron chi connectivity index (χ3n) is 4.07. The summed E-state index contributed by atoms with van der Waals surface area (Å²) in [5.74, 6) is 0.950. The molecule has 130 valence electrons. The van der Waals surface area contributed by atoms with E-state index in [0.29, 0.717) is 28.7 Å². The molecule has 0 aliphatic carbocycles. The smallest absolute Gasteiger partial charge is 0.277 e. The first kappa shape index (κ1) is 16.5. The van der Waals surface area contributed by atoms with Crippen molar-refractivity contribution in [3.05, 3.63) is 69.7 Å². The second kappa shape index (κ2) is 6.38. The standard InChI is InChI=1S/C19H15ClN4O2/c1-10-5-12-7-16(23-18(12)21-9-10)14-8-13(3-4-15(14)20)22-19(25)17-6-11(2)26-24-17/h3-6,8-9H,7H2,1-2H3,(H,22,25). The molecule has 0 atom stereocenters. The summed E-state index contributed by atoms with van der Waals surface area (Å²) in [7, 11) is 0. The van der Waals surface area contributed by atoms with E-state index >= 15 is 0 Å². The number of anilines is 1. The van der Waals surface area contributed by atoms with Crippen LogP contribution in [-0.4, -0.2) is 21.8 Å². The number of rotatable bonds is 3. The van der Waals surface area contributed by atoms with Crippen molar-refractivity contribution in [1.29, 1.82) is 0 Å². The molecule has 0 saturated heterocycles. The molecule has 0 radical (unpaired) electrons. The van der Waals surface area contributed by atoms with Gasteiger partial charge in [0.2, 0.25) is 0 Å². The number of aromatic nitrogens is 2. The average molecular weight is 367 g/mol. The summed E-state index contributed by atoms with van der Waals surface area (Å²) in [4.78, 5) is 21.2. The molecule has 0 unspecified atom stereocenters. The number of hydrogen-bond donors (Lipinski definition) is 1. The number of pyridine rings is 1. The van der Waals surface area contributed by atoms with Gasteiger partial charge < -0.3 is 9.84 Å². The number of halogens is 1. The van der Waals surface area contributed by atoms with Gasteiger partial charge in [0.1, 0.15) is 5.76 Å². The van der Waals surface area contributed by atoms with Crippen LogP contribution in [0.2, 0.25) is 5.02 Å². The van der Waals surface area contributed by atoms with Crippen LogP contribution in [0.5, 0.6) is 0 Å². The van der Waals surface area contributed by atoms with Gasteiger partial charge in [-0.25, -0.2) is 9.98 Å². The first-order chi connectivity index (χ1) is 12.5. The minimum atomic E-state index is -0.343. The van der Waals surface area contributed by atoms with Crippen LogP contribution in [0.15, 0.2) is 46.0 Å². The topological polar surface area (TPSA) is 80.4 Å². The average Bonchev–Trinajstić information content (AvgIpc) is 3.22. The summed E-state index contributed by atoms with van der Waals surface area (Å²) in [5.41, 5.74) is 4.61. The van der Waals surface area contributed by atoms with Gasteiger partial charge in [0.05, 0.1) is 5.71 Å². The summed E-state index contributed by atoms with van der Waals surface area (Å²) in [6.45, 7) is 3.73. The lowest BCUT2D eigenvalue weighted by molar-refractivity contribution is 0.101. The second-order valence-corrected chi connectivity index (χ2v) is 6.61. The molecule has 0 bridgehead atoms. The van der Waals surface area contributed by atoms with Gasteiger partial charge in [0, 0.05) is 40.5 Å². The van der Waals surface area contributed by atoms with Crippen molar-refractivity contribution in [2.45, 2.75) is 20.3 Å². The van der Waals surface area contributed by atoms with Crippen LogP contribution < -0.4 is 5.32 Å². The highest BCUT2D eigenvalue weighted by Gasteiger charge is 2.20. The molecular formula is C19H15ClN4O2. The number of hydrogen-bond acceptors (Lipinski definition) is 5. The number of amides is 1. The maximum Gasteiger partial charge on any atom is 0.277 e. The van der Waals surface area contributed by atoms with E-state index in [4.69, 9.17) is 16.1 Å². The maximum atomic E-state index is 12.3. The Morgan fingerprint density at radius 1 is 1.23 bits per heavy atom. The minimum Gasteiger partial charge on any atom is -0.361 e. The van der Waals surface area contributed by atoms with Crippen molar-refractivity contribution in [3.63, 3.8) is 0 Å². The Morgan fingerprint density at radius 2 is 2.08 bits per heavy atom. The molecule has 6 nitrogen and oxygen atoms in total. The fraction of sp³-hybridized carbons (Fsp3) is 0.158. The first-order valence-electron chi connectivity index (χ1n) is 8.07. The molecular weight excluding hydrogens is 352 g/mol. The molecule has 1 N–H and O–H groups in total. The van der Waals surface area contributed by atoms with Crippen molar-refractivity contribution >= 4 is 34.7 Å². The molecule has 1 amide bonds. The van der Waals surface area contributed by atoms with Gasteiger partial charge in [0.15, 0.2) is 11.5 Å². The number of fused-ring (bicyclic) bond motifs is 1. The third kappa shape index (κ3) is 3.11. The fourth-order valence-electron chi connectivity index (χ4n) is 2.85. The Labute approximate surface area is 154 Å². The monoisotopic (exact) mass is 366 g/mol. The largest absolute Gasteiger partial charge is 0.361 e. The van der Waals surface area contributed by atoms with Crippen molar-refractivity contribution in [1.82, 2.24) is 10.1 Å². The number of carbonyl (C=O) groups is 1. The van der Waals surface area contributed by atoms with Crippen LogP contribution in [0, 0.1) is 13.8 Å². The zero-order valence-electron chi connectivity index (χ0n) is 14.2. The van der Waals surface area contributed by atoms with Crippen LogP contribution in [-0.2, 0) is 6.42 Å². The number of aliphatic imine (C=N–C) groups is 1. The third-order valence-corrected chi connectivity index (χ3v) is 4.40. The van der Waals surface area contributed by atoms with Crippen molar-refractivity contribution in [2.75, 3.05) is 5.32 Å². The van der Waals surface area contributed by atoms with Gasteiger partial charge in [-0.15, -0.1) is 0 Å². The molecule has 1 aliphatic rings. The Morgan fingerprint density at radius 3 is 2.85 bits per heavy atom. The number of nitrogens with zero attached hydrogens (tertiary/aromatic N) is 3. The lowest BCUT2D eigenvalue weighted by Gasteiger charge is -2.08. The number of carbonyl (C=O) groups excluding carboxylic acids is 1. The summed E-state index contributed by atoms with van der Waals surface area (Å²) in [6, 6.07) is 8.94. The lowest BCUT2D eigenvalue weighted by Crippen LogP contribution is -2.13. The number of nitrogens with one attached hydrogen (secondary N) is 1. The minimum absolute atomic E-state index is 0.226. The van der Waals surface area contributed by atoms with Crippen molar-refractivity contribution < 1.29 is 9.32 Å². The Bertz CT molecular complexity index is 1060. The molecule has 1 aromatic carbocycles. The second-order valence-electron chi connectivity index (χ2n) is 6.20. The molecule has 4 rings (SSSR count). The normalized spacial score (nSPS) is 12.7. The first-order valence-corrected chi connectivity index (χ1v) is 8.45. The zero-order chi connectivity index (χ0) is 18.3. The highest BCUT2D eigenvalue weighted by molar-refractivity contribution is 6.34. The lowest BCUT2D eigenvalue weighted by atomic mass is 10.0. The van der Waals surface area contributed by atoms with Gasteiger partial charge in [-0.1, -0.05) is 22.8 Å². The Hall–Kier alpha value is -2.99. The van der Waals surface area contributed by atoms with Crippen molar-refractivity contribution in [2.24, 2.45) is 4.99 Å². The summed E-state index contributed by atoms with van der Waals surface area (Å²) in [5, 5.41) is 7.09. The van der Waals surface area contributed by atoms with E-state index in [1.165, 1.54) is 0 Å². The van der Waals surface area contributed by atoms with E-state index in [0.717, 1.165) is 22.4 Å². The molecule has 26 heavy (non-hydrogen) atoms. The van der Waals surface area contributed by atoms with Crippen LogP contribution in [0.3, 0.4) is 0 Å². The van der Waals surface area contributed by atoms with Gasteiger partial charge in [0.25, 0.3) is 5.91 Å². The zero-order valence-corrected chi connectivity index (χ0v) is 15.0. The summed E-state index contributed by atoms with van der Waals surface area (Å²) >= 11 is 6.37. The predicted octanol–water partition coefficient (Wildman–Crippen LogP) is 4.27. The molecule has 7 heteroatoms. The quantitative estimate of drug-likeness (QED) is 0.750. The summed E-state index contributed by atoms with van der Waals surface area (Å²) < 4.78 is 4.93. The Balaban J connectivity index is 1.60. The molecule has 3 aromatic rings. The number of aryl methyl sites for hydroxylation is 2. The molecule has 1 aliphatic heterocycles. The van der Waals surface area contributed by atoms with E-state index < -0.39 is 0 Å². The highest BCUT2D eigenvalue weighted by Crippen LogP contribution is 2.31. The van der Waals surface area contributed by atoms with E-state index in [2.05, 4.69) is 26.5 Å². The van der Waals surface area contributed by atoms with Gasteiger partial charge in [-0.05, 0) is 37.6 Å². The van der Waals surface area contributed by atoms with Gasteiger partial charge in [-0.3, -0.25) is 4.79 Å². The van der Waals surface area contributed by atoms with Gasteiger partial charge >= 0.3 is 0 Å². The molecule has 0 spiro atoms. The van der Waals surface area contributed by atoms with Crippen molar-refractivity contribution in [3.8, 4) is 0 Å². The van der Waals surface area contributed by atoms with E-state index in [-0.39, 0.29) is 11.6 Å².